The molecule has 6 nitrogen and oxygen atoms in total. The Morgan fingerprint density at radius 1 is 1.32 bits per heavy atom. The van der Waals surface area contributed by atoms with Gasteiger partial charge in [0.25, 0.3) is 0 Å². The van der Waals surface area contributed by atoms with Gasteiger partial charge in [0.1, 0.15) is 0 Å². The second kappa shape index (κ2) is 7.47. The number of hydrogen-bond donors (Lipinski definition) is 2. The van der Waals surface area contributed by atoms with Crippen LogP contribution in [-0.4, -0.2) is 26.5 Å². The maximum absolute atomic E-state index is 12.4. The molecule has 0 saturated heterocycles. The van der Waals surface area contributed by atoms with E-state index in [-0.39, 0.29) is 17.1 Å². The van der Waals surface area contributed by atoms with Crippen molar-refractivity contribution in [3.05, 3.63) is 35.2 Å². The van der Waals surface area contributed by atoms with Crippen molar-refractivity contribution in [3.63, 3.8) is 0 Å². The number of para-hydroxylation sites is 1. The van der Waals surface area contributed by atoms with Crippen LogP contribution in [0.3, 0.4) is 0 Å². The molecule has 7 heteroatoms. The summed E-state index contributed by atoms with van der Waals surface area (Å²) in [5, 5.41) is 11.8. The SMILES string of the molecule is Cc1cccc(C(C)C)c1NC(=O)CSc1nnc(C(C)(C)C)n1N. The minimum atomic E-state index is -0.198. The van der Waals surface area contributed by atoms with Crippen molar-refractivity contribution in [1.82, 2.24) is 14.9 Å². The minimum Gasteiger partial charge on any atom is -0.336 e. The fourth-order valence-corrected chi connectivity index (χ4v) is 3.19. The van der Waals surface area contributed by atoms with Gasteiger partial charge in [-0.2, -0.15) is 0 Å². The molecular formula is C18H27N5OS. The summed E-state index contributed by atoms with van der Waals surface area (Å²) >= 11 is 1.28. The Bertz CT molecular complexity index is 761. The third kappa shape index (κ3) is 4.54. The number of amides is 1. The number of carbonyl (C=O) groups is 1. The van der Waals surface area contributed by atoms with E-state index < -0.39 is 0 Å². The average molecular weight is 362 g/mol. The topological polar surface area (TPSA) is 85.8 Å². The summed E-state index contributed by atoms with van der Waals surface area (Å²) in [4.78, 5) is 12.4. The largest absolute Gasteiger partial charge is 0.336 e. The molecule has 1 amide bonds. The smallest absolute Gasteiger partial charge is 0.234 e. The maximum atomic E-state index is 12.4. The van der Waals surface area contributed by atoms with Crippen molar-refractivity contribution < 1.29 is 4.79 Å². The van der Waals surface area contributed by atoms with Gasteiger partial charge in [-0.15, -0.1) is 10.2 Å². The van der Waals surface area contributed by atoms with Crippen LogP contribution >= 0.6 is 11.8 Å². The lowest BCUT2D eigenvalue weighted by molar-refractivity contribution is -0.113. The average Bonchev–Trinajstić information content (AvgIpc) is 2.88. The van der Waals surface area contributed by atoms with Crippen molar-refractivity contribution in [1.29, 1.82) is 0 Å². The lowest BCUT2D eigenvalue weighted by Gasteiger charge is -2.17. The van der Waals surface area contributed by atoms with E-state index in [9.17, 15) is 4.79 Å². The molecule has 0 radical (unpaired) electrons. The van der Waals surface area contributed by atoms with Crippen LogP contribution in [0.15, 0.2) is 23.4 Å². The van der Waals surface area contributed by atoms with Gasteiger partial charge in [0.05, 0.1) is 5.75 Å². The Kier molecular flexibility index (Phi) is 5.77. The van der Waals surface area contributed by atoms with E-state index in [0.717, 1.165) is 16.8 Å². The van der Waals surface area contributed by atoms with E-state index in [0.29, 0.717) is 16.9 Å². The zero-order valence-corrected chi connectivity index (χ0v) is 16.6. The molecular weight excluding hydrogens is 334 g/mol. The fraction of sp³-hybridized carbons (Fsp3) is 0.500. The Labute approximate surface area is 153 Å². The van der Waals surface area contributed by atoms with Crippen molar-refractivity contribution >= 4 is 23.4 Å². The molecule has 0 unspecified atom stereocenters. The number of benzene rings is 1. The van der Waals surface area contributed by atoms with Gasteiger partial charge >= 0.3 is 0 Å². The number of aryl methyl sites for hydroxylation is 1. The number of nitrogens with one attached hydrogen (secondary N) is 1. The molecule has 1 heterocycles. The molecule has 1 aromatic heterocycles. The lowest BCUT2D eigenvalue weighted by Crippen LogP contribution is -2.24. The first-order chi connectivity index (χ1) is 11.6. The van der Waals surface area contributed by atoms with Crippen molar-refractivity contribution in [2.75, 3.05) is 16.9 Å². The summed E-state index contributed by atoms with van der Waals surface area (Å²) in [7, 11) is 0. The maximum Gasteiger partial charge on any atom is 0.234 e. The molecule has 25 heavy (non-hydrogen) atoms. The Morgan fingerprint density at radius 2 is 2.00 bits per heavy atom. The van der Waals surface area contributed by atoms with Gasteiger partial charge in [0, 0.05) is 11.1 Å². The molecule has 2 rings (SSSR count). The Hall–Kier alpha value is -2.02. The van der Waals surface area contributed by atoms with Crippen LogP contribution < -0.4 is 11.2 Å². The molecule has 0 fully saturated rings. The molecule has 0 aliphatic heterocycles. The van der Waals surface area contributed by atoms with E-state index in [4.69, 9.17) is 5.84 Å². The first kappa shape index (κ1) is 19.3. The van der Waals surface area contributed by atoms with Gasteiger partial charge < -0.3 is 11.2 Å². The highest BCUT2D eigenvalue weighted by Gasteiger charge is 2.23. The lowest BCUT2D eigenvalue weighted by atomic mass is 9.96. The number of aromatic nitrogens is 3. The second-order valence-corrected chi connectivity index (χ2v) is 8.40. The van der Waals surface area contributed by atoms with E-state index in [1.54, 1.807) is 0 Å². The van der Waals surface area contributed by atoms with Crippen LogP contribution in [0.4, 0.5) is 5.69 Å². The number of anilines is 1. The van der Waals surface area contributed by atoms with Gasteiger partial charge in [0.2, 0.25) is 11.1 Å². The Balaban J connectivity index is 2.07. The summed E-state index contributed by atoms with van der Waals surface area (Å²) in [6.45, 7) is 12.3. The molecule has 0 atom stereocenters. The van der Waals surface area contributed by atoms with E-state index in [1.165, 1.54) is 16.4 Å². The second-order valence-electron chi connectivity index (χ2n) is 7.46. The van der Waals surface area contributed by atoms with Crippen LogP contribution in [0.25, 0.3) is 0 Å². The summed E-state index contributed by atoms with van der Waals surface area (Å²) in [6, 6.07) is 6.06. The highest BCUT2D eigenvalue weighted by molar-refractivity contribution is 7.99. The molecule has 3 N–H and O–H groups in total. The van der Waals surface area contributed by atoms with Gasteiger partial charge in [0.15, 0.2) is 5.82 Å². The number of hydrogen-bond acceptors (Lipinski definition) is 5. The van der Waals surface area contributed by atoms with E-state index in [2.05, 4.69) is 29.4 Å². The molecule has 1 aromatic carbocycles. The zero-order valence-electron chi connectivity index (χ0n) is 15.8. The van der Waals surface area contributed by atoms with Crippen LogP contribution in [0.1, 0.15) is 57.5 Å². The molecule has 0 aliphatic carbocycles. The van der Waals surface area contributed by atoms with Crippen LogP contribution in [0, 0.1) is 6.92 Å². The molecule has 0 saturated carbocycles. The predicted octanol–water partition coefficient (Wildman–Crippen LogP) is 3.45. The molecule has 2 aromatic rings. The molecule has 136 valence electrons. The van der Waals surface area contributed by atoms with Gasteiger partial charge in [-0.3, -0.25) is 4.79 Å². The van der Waals surface area contributed by atoms with Crippen molar-refractivity contribution in [2.45, 2.75) is 58.0 Å². The number of nitrogen functional groups attached to an aromatic ring is 1. The summed E-state index contributed by atoms with van der Waals surface area (Å²) < 4.78 is 1.46. The molecule has 0 bridgehead atoms. The van der Waals surface area contributed by atoms with E-state index in [1.807, 2.05) is 45.9 Å². The predicted molar refractivity (Wildman–Crippen MR) is 103 cm³/mol. The summed E-state index contributed by atoms with van der Waals surface area (Å²) in [6.07, 6.45) is 0. The number of rotatable bonds is 5. The number of nitrogens with zero attached hydrogens (tertiary/aromatic N) is 3. The molecule has 0 spiro atoms. The summed E-state index contributed by atoms with van der Waals surface area (Å²) in [5.74, 6) is 7.23. The normalized spacial score (nSPS) is 11.8. The number of thioether (sulfide) groups is 1. The van der Waals surface area contributed by atoms with Crippen molar-refractivity contribution in [2.24, 2.45) is 0 Å². The number of carbonyl (C=O) groups excluding carboxylic acids is 1. The third-order valence-electron chi connectivity index (χ3n) is 3.86. The van der Waals surface area contributed by atoms with Gasteiger partial charge in [-0.1, -0.05) is 64.6 Å². The highest BCUT2D eigenvalue weighted by atomic mass is 32.2. The quantitative estimate of drug-likeness (QED) is 0.629. The Morgan fingerprint density at radius 3 is 2.56 bits per heavy atom. The summed E-state index contributed by atoms with van der Waals surface area (Å²) in [5.41, 5.74) is 2.89. The first-order valence-corrected chi connectivity index (χ1v) is 9.33. The molecule has 0 aliphatic rings. The third-order valence-corrected chi connectivity index (χ3v) is 4.80. The highest BCUT2D eigenvalue weighted by Crippen LogP contribution is 2.28. The standard InChI is InChI=1S/C18H27N5OS/c1-11(2)13-9-7-8-12(3)15(13)20-14(24)10-25-17-22-21-16(23(17)19)18(4,5)6/h7-9,11H,10,19H2,1-6H3,(H,20,24). The number of nitrogens with two attached hydrogens (primary N) is 1. The van der Waals surface area contributed by atoms with Gasteiger partial charge in [-0.25, -0.2) is 4.68 Å². The van der Waals surface area contributed by atoms with Crippen LogP contribution in [0.5, 0.6) is 0 Å². The van der Waals surface area contributed by atoms with Gasteiger partial charge in [-0.05, 0) is 24.0 Å². The monoisotopic (exact) mass is 361 g/mol. The first-order valence-electron chi connectivity index (χ1n) is 8.34. The fourth-order valence-electron chi connectivity index (χ4n) is 2.53. The van der Waals surface area contributed by atoms with E-state index >= 15 is 0 Å². The van der Waals surface area contributed by atoms with Crippen molar-refractivity contribution in [3.8, 4) is 0 Å². The minimum absolute atomic E-state index is 0.0819. The van der Waals surface area contributed by atoms with Crippen LogP contribution in [0.2, 0.25) is 0 Å². The van der Waals surface area contributed by atoms with Crippen LogP contribution in [-0.2, 0) is 10.2 Å². The zero-order chi connectivity index (χ0) is 18.8.